The largest absolute Gasteiger partial charge is 0.387 e. The zero-order chi connectivity index (χ0) is 12.6. The molecule has 0 radical (unpaired) electrons. The molecule has 1 saturated heterocycles. The number of nitrogens with zero attached hydrogens (tertiary/aromatic N) is 1. The van der Waals surface area contributed by atoms with Gasteiger partial charge in [-0.05, 0) is 6.42 Å². The molecule has 1 aromatic rings. The summed E-state index contributed by atoms with van der Waals surface area (Å²) in [5, 5.41) is 9.55. The summed E-state index contributed by atoms with van der Waals surface area (Å²) in [6, 6.07) is 1.10. The summed E-state index contributed by atoms with van der Waals surface area (Å²) in [6.07, 6.45) is -3.19. The highest BCUT2D eigenvalue weighted by molar-refractivity contribution is 4.92. The second-order valence-electron chi connectivity index (χ2n) is 3.93. The summed E-state index contributed by atoms with van der Waals surface area (Å²) in [5.74, 6) is 0. The van der Waals surface area contributed by atoms with Crippen LogP contribution in [0.2, 0.25) is 0 Å². The first-order chi connectivity index (χ1) is 8.04. The first-order valence-corrected chi connectivity index (χ1v) is 5.33. The molecule has 0 unspecified atom stereocenters. The Morgan fingerprint density at radius 3 is 2.82 bits per heavy atom. The molecule has 0 amide bonds. The molecule has 1 aliphatic rings. The van der Waals surface area contributed by atoms with Crippen LogP contribution in [0, 0.1) is 0 Å². The molecule has 0 aliphatic carbocycles. The zero-order valence-corrected chi connectivity index (χ0v) is 9.17. The lowest BCUT2D eigenvalue weighted by molar-refractivity contribution is -0.0280. The summed E-state index contributed by atoms with van der Waals surface area (Å²) in [7, 11) is 0. The molecule has 1 aromatic heterocycles. The van der Waals surface area contributed by atoms with Gasteiger partial charge in [-0.15, -0.1) is 0 Å². The molecule has 1 fully saturated rings. The molecule has 1 aliphatic heterocycles. The van der Waals surface area contributed by atoms with Crippen LogP contribution in [0.1, 0.15) is 19.6 Å². The first-order valence-electron chi connectivity index (χ1n) is 5.33. The molecule has 0 saturated carbocycles. The van der Waals surface area contributed by atoms with Gasteiger partial charge in [0.2, 0.25) is 0 Å². The van der Waals surface area contributed by atoms with E-state index in [1.54, 1.807) is 6.92 Å². The summed E-state index contributed by atoms with van der Waals surface area (Å²) < 4.78 is 20.0. The van der Waals surface area contributed by atoms with E-state index in [9.17, 15) is 19.1 Å². The average molecular weight is 244 g/mol. The minimum atomic E-state index is -1.69. The summed E-state index contributed by atoms with van der Waals surface area (Å²) in [4.78, 5) is 24.3. The maximum atomic E-state index is 13.8. The topological polar surface area (TPSA) is 84.3 Å². The second-order valence-corrected chi connectivity index (χ2v) is 3.93. The summed E-state index contributed by atoms with van der Waals surface area (Å²) in [5.41, 5.74) is -1.32. The van der Waals surface area contributed by atoms with Crippen LogP contribution < -0.4 is 11.2 Å². The highest BCUT2D eigenvalue weighted by Gasteiger charge is 2.44. The number of aliphatic hydroxyl groups is 1. The van der Waals surface area contributed by atoms with E-state index >= 15 is 0 Å². The lowest BCUT2D eigenvalue weighted by Crippen LogP contribution is -2.35. The Kier molecular flexibility index (Phi) is 3.12. The number of aliphatic hydroxyl groups excluding tert-OH is 1. The minimum absolute atomic E-state index is 0.441. The van der Waals surface area contributed by atoms with Crippen LogP contribution >= 0.6 is 0 Å². The predicted molar refractivity (Wildman–Crippen MR) is 56.4 cm³/mol. The maximum Gasteiger partial charge on any atom is 0.330 e. The van der Waals surface area contributed by atoms with E-state index in [1.165, 1.54) is 0 Å². The molecule has 0 spiro atoms. The minimum Gasteiger partial charge on any atom is -0.387 e. The van der Waals surface area contributed by atoms with Crippen molar-refractivity contribution in [3.63, 3.8) is 0 Å². The highest BCUT2D eigenvalue weighted by Crippen LogP contribution is 2.31. The monoisotopic (exact) mass is 244 g/mol. The number of hydrogen-bond acceptors (Lipinski definition) is 4. The van der Waals surface area contributed by atoms with E-state index in [-0.39, 0.29) is 0 Å². The van der Waals surface area contributed by atoms with Gasteiger partial charge >= 0.3 is 5.69 Å². The lowest BCUT2D eigenvalue weighted by Gasteiger charge is -2.15. The van der Waals surface area contributed by atoms with Gasteiger partial charge in [0.1, 0.15) is 6.10 Å². The number of aromatic nitrogens is 2. The van der Waals surface area contributed by atoms with Crippen LogP contribution in [0.15, 0.2) is 21.9 Å². The quantitative estimate of drug-likeness (QED) is 0.737. The van der Waals surface area contributed by atoms with Crippen molar-refractivity contribution in [1.82, 2.24) is 9.55 Å². The fourth-order valence-corrected chi connectivity index (χ4v) is 1.89. The van der Waals surface area contributed by atoms with E-state index in [4.69, 9.17) is 4.74 Å². The normalized spacial score (nSPS) is 32.9. The van der Waals surface area contributed by atoms with Gasteiger partial charge in [-0.2, -0.15) is 0 Å². The van der Waals surface area contributed by atoms with Crippen LogP contribution in [-0.2, 0) is 4.74 Å². The van der Waals surface area contributed by atoms with Crippen molar-refractivity contribution in [1.29, 1.82) is 0 Å². The Bertz CT molecular complexity index is 512. The molecule has 2 heterocycles. The third-order valence-corrected chi connectivity index (χ3v) is 2.82. The first kappa shape index (κ1) is 12.0. The SMILES string of the molecule is CC[C@H]1O[C@@H](n2ccc(=O)[nH]c2=O)[C@@H](F)[C@@H]1O. The molecule has 2 N–H and O–H groups in total. The highest BCUT2D eigenvalue weighted by atomic mass is 19.1. The third kappa shape index (κ3) is 2.03. The molecule has 6 nitrogen and oxygen atoms in total. The number of nitrogens with one attached hydrogen (secondary N) is 1. The van der Waals surface area contributed by atoms with E-state index in [2.05, 4.69) is 0 Å². The fourth-order valence-electron chi connectivity index (χ4n) is 1.89. The fraction of sp³-hybridized carbons (Fsp3) is 0.600. The van der Waals surface area contributed by atoms with Crippen molar-refractivity contribution in [2.45, 2.75) is 38.0 Å². The van der Waals surface area contributed by atoms with Gasteiger partial charge in [-0.25, -0.2) is 9.18 Å². The van der Waals surface area contributed by atoms with E-state index in [1.807, 2.05) is 4.98 Å². The molecule has 7 heteroatoms. The molecular formula is C10H13FN2O4. The molecular weight excluding hydrogens is 231 g/mol. The lowest BCUT2D eigenvalue weighted by atomic mass is 10.1. The summed E-state index contributed by atoms with van der Waals surface area (Å²) >= 11 is 0. The van der Waals surface area contributed by atoms with Gasteiger partial charge < -0.3 is 9.84 Å². The second kappa shape index (κ2) is 4.42. The van der Waals surface area contributed by atoms with Crippen LogP contribution in [0.5, 0.6) is 0 Å². The van der Waals surface area contributed by atoms with Crippen molar-refractivity contribution in [3.05, 3.63) is 33.1 Å². The van der Waals surface area contributed by atoms with Gasteiger partial charge in [-0.1, -0.05) is 6.92 Å². The van der Waals surface area contributed by atoms with Gasteiger partial charge in [0.05, 0.1) is 6.10 Å². The number of alkyl halides is 1. The number of rotatable bonds is 2. The molecule has 94 valence electrons. The number of ether oxygens (including phenoxy) is 1. The van der Waals surface area contributed by atoms with Crippen LogP contribution in [-0.4, -0.2) is 33.0 Å². The van der Waals surface area contributed by atoms with Gasteiger partial charge in [0.15, 0.2) is 12.4 Å². The standard InChI is InChI=1S/C10H13FN2O4/c1-2-5-8(15)7(11)9(17-5)13-4-3-6(14)12-10(13)16/h3-5,7-9,15H,2H2,1H3,(H,12,14,16)/t5-,7+,8-,9-/m1/s1. The van der Waals surface area contributed by atoms with Crippen molar-refractivity contribution < 1.29 is 14.2 Å². The third-order valence-electron chi connectivity index (χ3n) is 2.82. The molecule has 0 aromatic carbocycles. The zero-order valence-electron chi connectivity index (χ0n) is 9.17. The van der Waals surface area contributed by atoms with Gasteiger partial charge in [0, 0.05) is 12.3 Å². The van der Waals surface area contributed by atoms with Crippen molar-refractivity contribution in [2.75, 3.05) is 0 Å². The smallest absolute Gasteiger partial charge is 0.330 e. The Balaban J connectivity index is 2.35. The van der Waals surface area contributed by atoms with Crippen LogP contribution in [0.4, 0.5) is 4.39 Å². The number of H-pyrrole nitrogens is 1. The molecule has 17 heavy (non-hydrogen) atoms. The van der Waals surface area contributed by atoms with Crippen molar-refractivity contribution in [2.24, 2.45) is 0 Å². The number of aromatic amines is 1. The van der Waals surface area contributed by atoms with Gasteiger partial charge in [0.25, 0.3) is 5.56 Å². The van der Waals surface area contributed by atoms with E-state index in [0.717, 1.165) is 16.8 Å². The predicted octanol–water partition coefficient (Wildman–Crippen LogP) is -0.457. The van der Waals surface area contributed by atoms with E-state index < -0.39 is 35.9 Å². The average Bonchev–Trinajstić information content (AvgIpc) is 2.57. The maximum absolute atomic E-state index is 13.8. The Morgan fingerprint density at radius 2 is 2.29 bits per heavy atom. The van der Waals surface area contributed by atoms with Gasteiger partial charge in [-0.3, -0.25) is 14.3 Å². The molecule has 0 bridgehead atoms. The van der Waals surface area contributed by atoms with Crippen molar-refractivity contribution >= 4 is 0 Å². The number of halogens is 1. The number of hydrogen-bond donors (Lipinski definition) is 2. The Labute approximate surface area is 95.7 Å². The Hall–Kier alpha value is -1.47. The van der Waals surface area contributed by atoms with E-state index in [0.29, 0.717) is 6.42 Å². The van der Waals surface area contributed by atoms with Crippen molar-refractivity contribution in [3.8, 4) is 0 Å². The van der Waals surface area contributed by atoms with Crippen LogP contribution in [0.3, 0.4) is 0 Å². The summed E-state index contributed by atoms with van der Waals surface area (Å²) in [6.45, 7) is 1.75. The molecule has 4 atom stereocenters. The van der Waals surface area contributed by atoms with Crippen LogP contribution in [0.25, 0.3) is 0 Å². The Morgan fingerprint density at radius 1 is 1.59 bits per heavy atom. The molecule has 2 rings (SSSR count).